The molecule has 0 radical (unpaired) electrons. The second kappa shape index (κ2) is 3.99. The van der Waals surface area contributed by atoms with Crippen molar-refractivity contribution >= 4 is 0 Å². The summed E-state index contributed by atoms with van der Waals surface area (Å²) in [5.74, 6) is -0.322. The van der Waals surface area contributed by atoms with Crippen LogP contribution >= 0.6 is 0 Å². The van der Waals surface area contributed by atoms with E-state index < -0.39 is 6.36 Å². The topological polar surface area (TPSA) is 9.23 Å². The first-order valence-corrected chi connectivity index (χ1v) is 3.11. The molecule has 0 fully saturated rings. The normalized spacial score (nSPS) is 12.5. The molecule has 0 unspecified atom stereocenters. The van der Waals surface area contributed by atoms with Gasteiger partial charge in [-0.05, 0) is 18.6 Å². The van der Waals surface area contributed by atoms with Gasteiger partial charge in [0.1, 0.15) is 5.76 Å². The third kappa shape index (κ3) is 4.60. The molecule has 0 aliphatic carbocycles. The monoisotopic (exact) mass is 178 g/mol. The molecule has 68 valence electrons. The summed E-state index contributed by atoms with van der Waals surface area (Å²) in [6, 6.07) is 0. The van der Waals surface area contributed by atoms with Gasteiger partial charge in [-0.1, -0.05) is 19.2 Å². The van der Waals surface area contributed by atoms with Crippen LogP contribution in [0.1, 0.15) is 6.92 Å². The van der Waals surface area contributed by atoms with Crippen molar-refractivity contribution in [1.82, 2.24) is 0 Å². The second-order valence-corrected chi connectivity index (χ2v) is 2.09. The van der Waals surface area contributed by atoms with Crippen LogP contribution in [0.25, 0.3) is 0 Å². The third-order valence-corrected chi connectivity index (χ3v) is 0.916. The number of alkyl halides is 3. The van der Waals surface area contributed by atoms with Crippen LogP contribution in [0.15, 0.2) is 36.6 Å². The number of hydrogen-bond acceptors (Lipinski definition) is 1. The van der Waals surface area contributed by atoms with Gasteiger partial charge in [-0.15, -0.1) is 13.2 Å². The Morgan fingerprint density at radius 2 is 1.92 bits per heavy atom. The van der Waals surface area contributed by atoms with Gasteiger partial charge in [-0.25, -0.2) is 0 Å². The van der Waals surface area contributed by atoms with Crippen LogP contribution in [0, 0.1) is 0 Å². The van der Waals surface area contributed by atoms with Crippen molar-refractivity contribution in [3.05, 3.63) is 36.6 Å². The van der Waals surface area contributed by atoms with Gasteiger partial charge in [0.15, 0.2) is 0 Å². The Kier molecular flexibility index (Phi) is 3.60. The van der Waals surface area contributed by atoms with Crippen LogP contribution in [0.2, 0.25) is 0 Å². The highest BCUT2D eigenvalue weighted by atomic mass is 19.4. The number of hydrogen-bond donors (Lipinski definition) is 0. The van der Waals surface area contributed by atoms with E-state index in [9.17, 15) is 13.2 Å². The molecule has 0 aliphatic rings. The zero-order chi connectivity index (χ0) is 9.78. The van der Waals surface area contributed by atoms with E-state index in [2.05, 4.69) is 17.9 Å². The quantitative estimate of drug-likeness (QED) is 0.476. The van der Waals surface area contributed by atoms with E-state index in [0.717, 1.165) is 6.08 Å². The SMILES string of the molecule is C=C/C=C(/OC(F)(F)F)C(=C)C. The minimum Gasteiger partial charge on any atom is -0.406 e. The number of allylic oxidation sites excluding steroid dienone is 3. The molecule has 0 aromatic heterocycles. The van der Waals surface area contributed by atoms with Gasteiger partial charge >= 0.3 is 6.36 Å². The molecule has 1 nitrogen and oxygen atoms in total. The molecule has 4 heteroatoms. The minimum absolute atomic E-state index is 0.201. The molecule has 0 heterocycles. The number of ether oxygens (including phenoxy) is 1. The highest BCUT2D eigenvalue weighted by Gasteiger charge is 2.31. The summed E-state index contributed by atoms with van der Waals surface area (Å²) in [5.41, 5.74) is 0.201. The van der Waals surface area contributed by atoms with Crippen molar-refractivity contribution in [3.63, 3.8) is 0 Å². The van der Waals surface area contributed by atoms with E-state index in [1.165, 1.54) is 13.0 Å². The summed E-state index contributed by atoms with van der Waals surface area (Å²) in [7, 11) is 0. The lowest BCUT2D eigenvalue weighted by molar-refractivity contribution is -0.303. The maximum atomic E-state index is 11.7. The van der Waals surface area contributed by atoms with E-state index in [1.807, 2.05) is 0 Å². The summed E-state index contributed by atoms with van der Waals surface area (Å²) in [4.78, 5) is 0. The van der Waals surface area contributed by atoms with Gasteiger partial charge < -0.3 is 4.74 Å². The van der Waals surface area contributed by atoms with Crippen LogP contribution in [0.3, 0.4) is 0 Å². The first-order chi connectivity index (χ1) is 5.37. The maximum absolute atomic E-state index is 11.7. The van der Waals surface area contributed by atoms with Crippen LogP contribution in [0.4, 0.5) is 13.2 Å². The third-order valence-electron chi connectivity index (χ3n) is 0.916. The van der Waals surface area contributed by atoms with Crippen molar-refractivity contribution in [2.75, 3.05) is 0 Å². The van der Waals surface area contributed by atoms with Gasteiger partial charge in [0.05, 0.1) is 0 Å². The Labute approximate surface area is 68.8 Å². The molecule has 0 spiro atoms. The highest BCUT2D eigenvalue weighted by molar-refractivity contribution is 5.23. The van der Waals surface area contributed by atoms with Crippen molar-refractivity contribution in [3.8, 4) is 0 Å². The van der Waals surface area contributed by atoms with Crippen LogP contribution in [-0.4, -0.2) is 6.36 Å². The summed E-state index contributed by atoms with van der Waals surface area (Å²) in [6.07, 6.45) is -2.36. The second-order valence-electron chi connectivity index (χ2n) is 2.09. The average molecular weight is 178 g/mol. The van der Waals surface area contributed by atoms with E-state index in [4.69, 9.17) is 0 Å². The molecule has 0 bridgehead atoms. The fourth-order valence-electron chi connectivity index (χ4n) is 0.495. The van der Waals surface area contributed by atoms with Gasteiger partial charge in [0.2, 0.25) is 0 Å². The fraction of sp³-hybridized carbons (Fsp3) is 0.250. The molecule has 0 saturated carbocycles. The molecule has 0 rings (SSSR count). The predicted octanol–water partition coefficient (Wildman–Crippen LogP) is 3.17. The van der Waals surface area contributed by atoms with Crippen molar-refractivity contribution < 1.29 is 17.9 Å². The van der Waals surface area contributed by atoms with Gasteiger partial charge in [0.25, 0.3) is 0 Å². The van der Waals surface area contributed by atoms with E-state index >= 15 is 0 Å². The summed E-state index contributed by atoms with van der Waals surface area (Å²) in [5, 5.41) is 0. The zero-order valence-electron chi connectivity index (χ0n) is 6.61. The van der Waals surface area contributed by atoms with E-state index in [-0.39, 0.29) is 11.3 Å². The highest BCUT2D eigenvalue weighted by Crippen LogP contribution is 2.23. The summed E-state index contributed by atoms with van der Waals surface area (Å²) in [6.45, 7) is 7.98. The Morgan fingerprint density at radius 1 is 1.42 bits per heavy atom. The lowest BCUT2D eigenvalue weighted by atomic mass is 10.3. The van der Waals surface area contributed by atoms with E-state index in [0.29, 0.717) is 0 Å². The van der Waals surface area contributed by atoms with Crippen LogP contribution in [0.5, 0.6) is 0 Å². The Balaban J connectivity index is 4.46. The molecule has 12 heavy (non-hydrogen) atoms. The smallest absolute Gasteiger partial charge is 0.406 e. The molecule has 0 N–H and O–H groups in total. The summed E-state index contributed by atoms with van der Waals surface area (Å²) >= 11 is 0. The van der Waals surface area contributed by atoms with Crippen LogP contribution < -0.4 is 0 Å². The number of halogens is 3. The first-order valence-electron chi connectivity index (χ1n) is 3.11. The largest absolute Gasteiger partial charge is 0.573 e. The maximum Gasteiger partial charge on any atom is 0.573 e. The fourth-order valence-corrected chi connectivity index (χ4v) is 0.495. The Morgan fingerprint density at radius 3 is 2.17 bits per heavy atom. The van der Waals surface area contributed by atoms with Gasteiger partial charge in [0, 0.05) is 0 Å². The van der Waals surface area contributed by atoms with Gasteiger partial charge in [-0.2, -0.15) is 0 Å². The molecular weight excluding hydrogens is 169 g/mol. The standard InChI is InChI=1S/C8H9F3O/c1-4-5-7(6(2)3)12-8(9,10)11/h4-5H,1-2H2,3H3/b7-5+. The van der Waals surface area contributed by atoms with Crippen molar-refractivity contribution in [1.29, 1.82) is 0 Å². The van der Waals surface area contributed by atoms with Crippen LogP contribution in [-0.2, 0) is 4.74 Å². The molecule has 0 aliphatic heterocycles. The molecule has 0 aromatic rings. The molecule has 0 atom stereocenters. The van der Waals surface area contributed by atoms with Crippen molar-refractivity contribution in [2.24, 2.45) is 0 Å². The zero-order valence-corrected chi connectivity index (χ0v) is 6.61. The van der Waals surface area contributed by atoms with E-state index in [1.54, 1.807) is 0 Å². The Bertz CT molecular complexity index is 213. The average Bonchev–Trinajstić information content (AvgIpc) is 1.83. The molecule has 0 saturated heterocycles. The lowest BCUT2D eigenvalue weighted by Gasteiger charge is -2.11. The molecular formula is C8H9F3O. The molecule has 0 amide bonds. The Hall–Kier alpha value is -1.19. The first kappa shape index (κ1) is 10.8. The predicted molar refractivity (Wildman–Crippen MR) is 40.2 cm³/mol. The minimum atomic E-state index is -4.67. The van der Waals surface area contributed by atoms with Gasteiger partial charge in [-0.3, -0.25) is 0 Å². The lowest BCUT2D eigenvalue weighted by Crippen LogP contribution is -2.13. The number of rotatable bonds is 3. The summed E-state index contributed by atoms with van der Waals surface area (Å²) < 4.78 is 38.6. The van der Waals surface area contributed by atoms with Crippen molar-refractivity contribution in [2.45, 2.75) is 13.3 Å². The molecule has 0 aromatic carbocycles.